The Morgan fingerprint density at radius 3 is 2.95 bits per heavy atom. The number of nitrogens with zero attached hydrogens (tertiary/aromatic N) is 3. The highest BCUT2D eigenvalue weighted by molar-refractivity contribution is 6.33. The summed E-state index contributed by atoms with van der Waals surface area (Å²) in [7, 11) is 1.75. The number of anilines is 1. The molecule has 114 valence electrons. The van der Waals surface area contributed by atoms with Crippen molar-refractivity contribution in [1.29, 1.82) is 0 Å². The number of carbonyl (C=O) groups is 2. The molecule has 0 atom stereocenters. The maximum Gasteiger partial charge on any atom is 0.256 e. The van der Waals surface area contributed by atoms with Gasteiger partial charge >= 0.3 is 0 Å². The van der Waals surface area contributed by atoms with Gasteiger partial charge in [0.15, 0.2) is 0 Å². The SMILES string of the molecule is CCNc1cc(C(=O)N2CCCN(C)C(=O)C2)c(Cl)cn1. The minimum atomic E-state index is -0.231. The van der Waals surface area contributed by atoms with Crippen LogP contribution in [0.5, 0.6) is 0 Å². The lowest BCUT2D eigenvalue weighted by molar-refractivity contribution is -0.129. The Morgan fingerprint density at radius 2 is 2.24 bits per heavy atom. The van der Waals surface area contributed by atoms with Crippen LogP contribution in [-0.4, -0.2) is 59.8 Å². The van der Waals surface area contributed by atoms with Crippen LogP contribution in [0.1, 0.15) is 23.7 Å². The van der Waals surface area contributed by atoms with Crippen LogP contribution in [0.4, 0.5) is 5.82 Å². The van der Waals surface area contributed by atoms with Gasteiger partial charge in [0, 0.05) is 32.9 Å². The number of hydrogen-bond donors (Lipinski definition) is 1. The fourth-order valence-electron chi connectivity index (χ4n) is 2.21. The van der Waals surface area contributed by atoms with Crippen LogP contribution in [0, 0.1) is 0 Å². The summed E-state index contributed by atoms with van der Waals surface area (Å²) in [4.78, 5) is 31.8. The first-order chi connectivity index (χ1) is 10.0. The zero-order valence-corrected chi connectivity index (χ0v) is 13.0. The Labute approximate surface area is 129 Å². The van der Waals surface area contributed by atoms with Gasteiger partial charge < -0.3 is 15.1 Å². The van der Waals surface area contributed by atoms with E-state index in [0.717, 1.165) is 6.42 Å². The van der Waals surface area contributed by atoms with Gasteiger partial charge in [-0.2, -0.15) is 0 Å². The average Bonchev–Trinajstić information content (AvgIpc) is 2.63. The van der Waals surface area contributed by atoms with E-state index in [-0.39, 0.29) is 18.4 Å². The number of rotatable bonds is 3. The summed E-state index contributed by atoms with van der Waals surface area (Å²) in [5.74, 6) is 0.312. The average molecular weight is 311 g/mol. The molecular formula is C14H19ClN4O2. The predicted octanol–water partition coefficient (Wildman–Crippen LogP) is 1.47. The van der Waals surface area contributed by atoms with Crippen molar-refractivity contribution in [1.82, 2.24) is 14.8 Å². The summed E-state index contributed by atoms with van der Waals surface area (Å²) in [6, 6.07) is 1.63. The number of pyridine rings is 1. The molecule has 0 saturated carbocycles. The molecule has 1 N–H and O–H groups in total. The Balaban J connectivity index is 2.22. The monoisotopic (exact) mass is 310 g/mol. The molecule has 0 unspecified atom stereocenters. The predicted molar refractivity (Wildman–Crippen MR) is 81.6 cm³/mol. The molecule has 1 aromatic heterocycles. The molecule has 0 spiro atoms. The van der Waals surface area contributed by atoms with Gasteiger partial charge in [-0.1, -0.05) is 11.6 Å². The van der Waals surface area contributed by atoms with E-state index in [2.05, 4.69) is 10.3 Å². The highest BCUT2D eigenvalue weighted by Gasteiger charge is 2.25. The standard InChI is InChI=1S/C14H19ClN4O2/c1-3-16-12-7-10(11(15)8-17-12)14(21)19-6-4-5-18(2)13(20)9-19/h7-8H,3-6,9H2,1-2H3,(H,16,17). The first-order valence-corrected chi connectivity index (χ1v) is 7.33. The summed E-state index contributed by atoms with van der Waals surface area (Å²) in [6.07, 6.45) is 2.22. The largest absolute Gasteiger partial charge is 0.370 e. The van der Waals surface area contributed by atoms with Crippen LogP contribution in [0.3, 0.4) is 0 Å². The van der Waals surface area contributed by atoms with E-state index in [9.17, 15) is 9.59 Å². The van der Waals surface area contributed by atoms with Crippen LogP contribution in [0.15, 0.2) is 12.3 Å². The van der Waals surface area contributed by atoms with E-state index in [1.54, 1.807) is 22.9 Å². The molecule has 0 aliphatic carbocycles. The van der Waals surface area contributed by atoms with Crippen LogP contribution in [0.2, 0.25) is 5.02 Å². The van der Waals surface area contributed by atoms with Gasteiger partial charge in [-0.3, -0.25) is 9.59 Å². The Hall–Kier alpha value is -1.82. The molecule has 1 saturated heterocycles. The van der Waals surface area contributed by atoms with Gasteiger partial charge in [0.2, 0.25) is 5.91 Å². The minimum Gasteiger partial charge on any atom is -0.370 e. The molecule has 1 fully saturated rings. The van der Waals surface area contributed by atoms with Crippen molar-refractivity contribution in [2.24, 2.45) is 0 Å². The molecule has 21 heavy (non-hydrogen) atoms. The van der Waals surface area contributed by atoms with Gasteiger partial charge in [-0.15, -0.1) is 0 Å². The van der Waals surface area contributed by atoms with Gasteiger partial charge in [-0.05, 0) is 19.4 Å². The topological polar surface area (TPSA) is 65.5 Å². The van der Waals surface area contributed by atoms with Gasteiger partial charge in [-0.25, -0.2) is 4.98 Å². The van der Waals surface area contributed by atoms with Crippen molar-refractivity contribution < 1.29 is 9.59 Å². The molecule has 1 aliphatic heterocycles. The highest BCUT2D eigenvalue weighted by atomic mass is 35.5. The van der Waals surface area contributed by atoms with Crippen molar-refractivity contribution in [2.75, 3.05) is 38.5 Å². The summed E-state index contributed by atoms with van der Waals surface area (Å²) >= 11 is 6.08. The maximum absolute atomic E-state index is 12.6. The molecule has 2 rings (SSSR count). The van der Waals surface area contributed by atoms with Crippen LogP contribution >= 0.6 is 11.6 Å². The summed E-state index contributed by atoms with van der Waals surface area (Å²) < 4.78 is 0. The van der Waals surface area contributed by atoms with Gasteiger partial charge in [0.05, 0.1) is 10.6 Å². The van der Waals surface area contributed by atoms with Gasteiger partial charge in [0.25, 0.3) is 5.91 Å². The van der Waals surface area contributed by atoms with Gasteiger partial charge in [0.1, 0.15) is 12.4 Å². The molecule has 2 heterocycles. The lowest BCUT2D eigenvalue weighted by Gasteiger charge is -2.20. The van der Waals surface area contributed by atoms with Crippen molar-refractivity contribution in [3.8, 4) is 0 Å². The van der Waals surface area contributed by atoms with E-state index >= 15 is 0 Å². The number of amides is 2. The van der Waals surface area contributed by atoms with E-state index in [4.69, 9.17) is 11.6 Å². The second kappa shape index (κ2) is 6.76. The number of hydrogen-bond acceptors (Lipinski definition) is 4. The van der Waals surface area contributed by atoms with Crippen molar-refractivity contribution in [2.45, 2.75) is 13.3 Å². The smallest absolute Gasteiger partial charge is 0.256 e. The maximum atomic E-state index is 12.6. The molecule has 0 aromatic carbocycles. The number of likely N-dealkylation sites (N-methyl/N-ethyl adjacent to an activating group) is 1. The molecule has 1 aliphatic rings. The second-order valence-electron chi connectivity index (χ2n) is 4.98. The lowest BCUT2D eigenvalue weighted by Crippen LogP contribution is -2.38. The summed E-state index contributed by atoms with van der Waals surface area (Å²) in [5, 5.41) is 3.34. The van der Waals surface area contributed by atoms with Crippen LogP contribution in [-0.2, 0) is 4.79 Å². The summed E-state index contributed by atoms with van der Waals surface area (Å²) in [5.41, 5.74) is 0.375. The number of aromatic nitrogens is 1. The molecule has 0 radical (unpaired) electrons. The third-order valence-corrected chi connectivity index (χ3v) is 3.71. The van der Waals surface area contributed by atoms with Crippen molar-refractivity contribution >= 4 is 29.2 Å². The first-order valence-electron chi connectivity index (χ1n) is 6.95. The fourth-order valence-corrected chi connectivity index (χ4v) is 2.39. The van der Waals surface area contributed by atoms with Crippen molar-refractivity contribution in [3.63, 3.8) is 0 Å². The fraction of sp³-hybridized carbons (Fsp3) is 0.500. The van der Waals surface area contributed by atoms with Crippen LogP contribution in [0.25, 0.3) is 0 Å². The third kappa shape index (κ3) is 3.64. The Kier molecular flexibility index (Phi) is 5.01. The Bertz CT molecular complexity index is 550. The molecule has 7 heteroatoms. The normalized spacial score (nSPS) is 15.9. The molecule has 6 nitrogen and oxygen atoms in total. The number of halogens is 1. The highest BCUT2D eigenvalue weighted by Crippen LogP contribution is 2.20. The number of carbonyl (C=O) groups excluding carboxylic acids is 2. The lowest BCUT2D eigenvalue weighted by atomic mass is 10.2. The van der Waals surface area contributed by atoms with E-state index in [1.165, 1.54) is 6.20 Å². The van der Waals surface area contributed by atoms with E-state index in [1.807, 2.05) is 6.92 Å². The zero-order valence-electron chi connectivity index (χ0n) is 12.2. The molecule has 2 amide bonds. The minimum absolute atomic E-state index is 0.0575. The first kappa shape index (κ1) is 15.6. The van der Waals surface area contributed by atoms with Crippen LogP contribution < -0.4 is 5.32 Å². The number of nitrogens with one attached hydrogen (secondary N) is 1. The quantitative estimate of drug-likeness (QED) is 0.918. The third-order valence-electron chi connectivity index (χ3n) is 3.40. The molecular weight excluding hydrogens is 292 g/mol. The summed E-state index contributed by atoms with van der Waals surface area (Å²) in [6.45, 7) is 3.94. The molecule has 0 bridgehead atoms. The second-order valence-corrected chi connectivity index (χ2v) is 5.38. The zero-order chi connectivity index (χ0) is 15.4. The van der Waals surface area contributed by atoms with Crippen molar-refractivity contribution in [3.05, 3.63) is 22.8 Å². The Morgan fingerprint density at radius 1 is 1.48 bits per heavy atom. The molecule has 1 aromatic rings. The van der Waals surface area contributed by atoms with E-state index in [0.29, 0.717) is 36.0 Å². The van der Waals surface area contributed by atoms with E-state index < -0.39 is 0 Å².